The monoisotopic (exact) mass is 483 g/mol. The maximum absolute atomic E-state index is 13.2. The molecule has 0 aliphatic carbocycles. The van der Waals surface area contributed by atoms with Crippen molar-refractivity contribution in [2.24, 2.45) is 0 Å². The van der Waals surface area contributed by atoms with E-state index < -0.39 is 0 Å². The molecule has 3 aromatic carbocycles. The van der Waals surface area contributed by atoms with Crippen LogP contribution >= 0.6 is 11.3 Å². The minimum Gasteiger partial charge on any atom is -0.338 e. The lowest BCUT2D eigenvalue weighted by atomic mass is 10.0. The summed E-state index contributed by atoms with van der Waals surface area (Å²) in [6.07, 6.45) is 3.57. The molecule has 35 heavy (non-hydrogen) atoms. The van der Waals surface area contributed by atoms with E-state index in [0.717, 1.165) is 39.7 Å². The average molecular weight is 484 g/mol. The Kier molecular flexibility index (Phi) is 6.54. The van der Waals surface area contributed by atoms with Crippen molar-refractivity contribution in [3.05, 3.63) is 89.0 Å². The van der Waals surface area contributed by atoms with Crippen molar-refractivity contribution in [1.29, 1.82) is 0 Å². The number of hydrogen-bond donors (Lipinski definition) is 2. The quantitative estimate of drug-likeness (QED) is 0.293. The topological polar surface area (TPSA) is 88.9 Å². The third-order valence-electron chi connectivity index (χ3n) is 5.78. The number of unbranched alkanes of at least 4 members (excludes halogenated alkanes) is 1. The molecule has 0 spiro atoms. The zero-order valence-electron chi connectivity index (χ0n) is 19.3. The van der Waals surface area contributed by atoms with Crippen molar-refractivity contribution < 1.29 is 4.79 Å². The Morgan fingerprint density at radius 3 is 2.63 bits per heavy atom. The summed E-state index contributed by atoms with van der Waals surface area (Å²) in [6, 6.07) is 21.3. The predicted molar refractivity (Wildman–Crippen MR) is 142 cm³/mol. The summed E-state index contributed by atoms with van der Waals surface area (Å²) in [5.74, 6) is 0. The van der Waals surface area contributed by atoms with Gasteiger partial charge in [-0.2, -0.15) is 0 Å². The van der Waals surface area contributed by atoms with Crippen LogP contribution in [0.3, 0.4) is 0 Å². The number of hydrogen-bond acceptors (Lipinski definition) is 5. The molecular weight excluding hydrogens is 458 g/mol. The summed E-state index contributed by atoms with van der Waals surface area (Å²) < 4.78 is 2.61. The summed E-state index contributed by atoms with van der Waals surface area (Å²) in [5, 5.41) is 6.77. The van der Waals surface area contributed by atoms with Crippen LogP contribution in [0.15, 0.2) is 77.9 Å². The number of urea groups is 1. The minimum absolute atomic E-state index is 0.0731. The maximum atomic E-state index is 13.2. The van der Waals surface area contributed by atoms with Gasteiger partial charge in [-0.05, 0) is 47.4 Å². The summed E-state index contributed by atoms with van der Waals surface area (Å²) >= 11 is 1.43. The highest BCUT2D eigenvalue weighted by Gasteiger charge is 2.11. The normalized spacial score (nSPS) is 11.1. The summed E-state index contributed by atoms with van der Waals surface area (Å²) in [5.41, 5.74) is 4.29. The van der Waals surface area contributed by atoms with E-state index in [1.165, 1.54) is 11.3 Å². The van der Waals surface area contributed by atoms with Crippen molar-refractivity contribution >= 4 is 43.6 Å². The lowest BCUT2D eigenvalue weighted by molar-refractivity contribution is 0.252. The van der Waals surface area contributed by atoms with Crippen LogP contribution in [0.25, 0.3) is 32.2 Å². The maximum Gasteiger partial charge on any atom is 0.321 e. The van der Waals surface area contributed by atoms with E-state index in [2.05, 4.69) is 27.5 Å². The Morgan fingerprint density at radius 2 is 1.80 bits per heavy atom. The fourth-order valence-corrected chi connectivity index (χ4v) is 4.75. The average Bonchev–Trinajstić information content (AvgIpc) is 3.28. The van der Waals surface area contributed by atoms with Crippen molar-refractivity contribution in [2.45, 2.75) is 26.3 Å². The van der Waals surface area contributed by atoms with Gasteiger partial charge in [0.2, 0.25) is 0 Å². The fourth-order valence-electron chi connectivity index (χ4n) is 3.91. The molecule has 0 radical (unpaired) electrons. The minimum atomic E-state index is -0.244. The summed E-state index contributed by atoms with van der Waals surface area (Å²) in [4.78, 5) is 34.3. The van der Waals surface area contributed by atoms with Gasteiger partial charge in [-0.3, -0.25) is 14.7 Å². The molecule has 0 atom stereocenters. The molecule has 0 bridgehead atoms. The van der Waals surface area contributed by atoms with Crippen LogP contribution in [0.1, 0.15) is 25.3 Å². The van der Waals surface area contributed by atoms with E-state index >= 15 is 0 Å². The third kappa shape index (κ3) is 5.07. The second kappa shape index (κ2) is 10.1. The van der Waals surface area contributed by atoms with Gasteiger partial charge in [-0.15, -0.1) is 0 Å². The van der Waals surface area contributed by atoms with Gasteiger partial charge in [0.1, 0.15) is 0 Å². The SMILES string of the molecule is CCCCNC(=O)Nc1nc2cc(-c3ccc4ncn(Cc5ccccc5)c(=O)c4c3)ccc2s1. The highest BCUT2D eigenvalue weighted by molar-refractivity contribution is 7.22. The number of amides is 2. The van der Waals surface area contributed by atoms with E-state index in [1.54, 1.807) is 10.9 Å². The molecule has 5 rings (SSSR count). The molecule has 176 valence electrons. The molecule has 5 aromatic rings. The molecule has 0 unspecified atom stereocenters. The third-order valence-corrected chi connectivity index (χ3v) is 6.73. The van der Waals surface area contributed by atoms with Gasteiger partial charge in [0.25, 0.3) is 5.56 Å². The number of fused-ring (bicyclic) bond motifs is 2. The lowest BCUT2D eigenvalue weighted by Crippen LogP contribution is -2.29. The zero-order chi connectivity index (χ0) is 24.2. The second-order valence-electron chi connectivity index (χ2n) is 8.33. The number of rotatable bonds is 7. The van der Waals surface area contributed by atoms with Gasteiger partial charge < -0.3 is 5.32 Å². The molecular formula is C27H25N5O2S. The van der Waals surface area contributed by atoms with Gasteiger partial charge in [0, 0.05) is 6.54 Å². The van der Waals surface area contributed by atoms with Gasteiger partial charge in [-0.1, -0.05) is 67.1 Å². The van der Waals surface area contributed by atoms with Crippen LogP contribution in [0.4, 0.5) is 9.93 Å². The number of nitrogens with zero attached hydrogens (tertiary/aromatic N) is 3. The number of thiazole rings is 1. The van der Waals surface area contributed by atoms with E-state index in [1.807, 2.05) is 66.7 Å². The first-order chi connectivity index (χ1) is 17.1. The number of nitrogens with one attached hydrogen (secondary N) is 2. The number of aromatic nitrogens is 3. The predicted octanol–water partition coefficient (Wildman–Crippen LogP) is 5.64. The van der Waals surface area contributed by atoms with E-state index in [0.29, 0.717) is 29.1 Å². The van der Waals surface area contributed by atoms with Crippen molar-refractivity contribution in [3.8, 4) is 11.1 Å². The van der Waals surface area contributed by atoms with E-state index in [4.69, 9.17) is 0 Å². The molecule has 0 fully saturated rings. The lowest BCUT2D eigenvalue weighted by Gasteiger charge is -2.08. The van der Waals surface area contributed by atoms with E-state index in [9.17, 15) is 9.59 Å². The largest absolute Gasteiger partial charge is 0.338 e. The molecule has 0 aliphatic rings. The number of carbonyl (C=O) groups is 1. The van der Waals surface area contributed by atoms with Gasteiger partial charge in [0.05, 0.1) is 34.0 Å². The fraction of sp³-hybridized carbons (Fsp3) is 0.185. The van der Waals surface area contributed by atoms with Crippen molar-refractivity contribution in [3.63, 3.8) is 0 Å². The van der Waals surface area contributed by atoms with Crippen molar-refractivity contribution in [1.82, 2.24) is 19.9 Å². The molecule has 8 heteroatoms. The first-order valence-electron chi connectivity index (χ1n) is 11.6. The summed E-state index contributed by atoms with van der Waals surface area (Å²) in [7, 11) is 0. The number of carbonyl (C=O) groups excluding carboxylic acids is 1. The number of benzene rings is 3. The standard InChI is InChI=1S/C27H25N5O2S/c1-2-3-13-28-26(34)31-27-30-23-15-20(10-12-24(23)35-27)19-9-11-22-21(14-19)25(33)32(17-29-22)16-18-7-5-4-6-8-18/h4-12,14-15,17H,2-3,13,16H2,1H3,(H2,28,30,31,34). The van der Waals surface area contributed by atoms with Crippen molar-refractivity contribution in [2.75, 3.05) is 11.9 Å². The molecule has 7 nitrogen and oxygen atoms in total. The first kappa shape index (κ1) is 22.7. The van der Waals surface area contributed by atoms with Gasteiger partial charge in [0.15, 0.2) is 5.13 Å². The Morgan fingerprint density at radius 1 is 1.00 bits per heavy atom. The Labute approximate surface area is 206 Å². The summed E-state index contributed by atoms with van der Waals surface area (Å²) in [6.45, 7) is 3.19. The van der Waals surface area contributed by atoms with Crippen LogP contribution in [-0.2, 0) is 6.54 Å². The Bertz CT molecular complexity index is 1560. The second-order valence-corrected chi connectivity index (χ2v) is 9.36. The van der Waals surface area contributed by atoms with E-state index in [-0.39, 0.29) is 11.6 Å². The highest BCUT2D eigenvalue weighted by atomic mass is 32.1. The van der Waals surface area contributed by atoms with Crippen LogP contribution < -0.4 is 16.2 Å². The highest BCUT2D eigenvalue weighted by Crippen LogP contribution is 2.31. The molecule has 0 aliphatic heterocycles. The van der Waals surface area contributed by atoms with Crippen LogP contribution in [-0.4, -0.2) is 27.1 Å². The smallest absolute Gasteiger partial charge is 0.321 e. The first-order valence-corrected chi connectivity index (χ1v) is 12.4. The van der Waals surface area contributed by atoms with Crippen LogP contribution in [0.5, 0.6) is 0 Å². The zero-order valence-corrected chi connectivity index (χ0v) is 20.1. The van der Waals surface area contributed by atoms with Gasteiger partial charge in [-0.25, -0.2) is 14.8 Å². The van der Waals surface area contributed by atoms with Crippen LogP contribution in [0, 0.1) is 0 Å². The molecule has 2 aromatic heterocycles. The Balaban J connectivity index is 1.42. The molecule has 0 saturated heterocycles. The van der Waals surface area contributed by atoms with Gasteiger partial charge >= 0.3 is 6.03 Å². The molecule has 2 amide bonds. The number of anilines is 1. The van der Waals surface area contributed by atoms with Crippen LogP contribution in [0.2, 0.25) is 0 Å². The molecule has 0 saturated carbocycles. The molecule has 2 N–H and O–H groups in total. The Hall–Kier alpha value is -4.04. The molecule has 2 heterocycles.